The summed E-state index contributed by atoms with van der Waals surface area (Å²) >= 11 is 0. The smallest absolute Gasteiger partial charge is 0.281 e. The zero-order valence-corrected chi connectivity index (χ0v) is 14.8. The van der Waals surface area contributed by atoms with Crippen LogP contribution in [0.1, 0.15) is 18.0 Å². The third kappa shape index (κ3) is 3.53. The fraction of sp³-hybridized carbons (Fsp3) is 0.150. The van der Waals surface area contributed by atoms with Crippen LogP contribution in [0.4, 0.5) is 0 Å². The molecule has 0 spiro atoms. The highest BCUT2D eigenvalue weighted by Crippen LogP contribution is 2.28. The van der Waals surface area contributed by atoms with Crippen molar-refractivity contribution < 1.29 is 9.53 Å². The number of amides is 1. The van der Waals surface area contributed by atoms with Gasteiger partial charge in [0.05, 0.1) is 6.04 Å². The molecule has 0 saturated carbocycles. The molecule has 3 aromatic rings. The van der Waals surface area contributed by atoms with Crippen molar-refractivity contribution in [3.8, 4) is 5.75 Å². The highest BCUT2D eigenvalue weighted by atomic mass is 35.5. The number of hydrogen-bond acceptors (Lipinski definition) is 4. The summed E-state index contributed by atoms with van der Waals surface area (Å²) in [5, 5.41) is 6.72. The van der Waals surface area contributed by atoms with E-state index < -0.39 is 0 Å². The Labute approximate surface area is 157 Å². The minimum absolute atomic E-state index is 0. The molecule has 0 aliphatic carbocycles. The number of hydrogen-bond donors (Lipinski definition) is 0. The summed E-state index contributed by atoms with van der Waals surface area (Å²) in [6, 6.07) is 19.4. The van der Waals surface area contributed by atoms with Gasteiger partial charge in [0.25, 0.3) is 5.91 Å². The summed E-state index contributed by atoms with van der Waals surface area (Å²) in [6.45, 7) is -0.0731. The van der Waals surface area contributed by atoms with E-state index in [0.29, 0.717) is 12.2 Å². The molecule has 1 atom stereocenters. The molecule has 0 fully saturated rings. The molecule has 26 heavy (non-hydrogen) atoms. The molecule has 0 N–H and O–H groups in total. The summed E-state index contributed by atoms with van der Waals surface area (Å²) in [5.41, 5.74) is 1.82. The largest absolute Gasteiger partial charge is 0.481 e. The minimum atomic E-state index is -0.171. The van der Waals surface area contributed by atoms with Gasteiger partial charge in [0, 0.05) is 24.2 Å². The Bertz CT molecular complexity index is 925. The van der Waals surface area contributed by atoms with Crippen LogP contribution in [0.25, 0.3) is 10.9 Å². The molecule has 0 radical (unpaired) electrons. The van der Waals surface area contributed by atoms with Gasteiger partial charge < -0.3 is 4.74 Å². The zero-order valence-electron chi connectivity index (χ0n) is 14.0. The number of benzene rings is 2. The molecule has 1 unspecified atom stereocenters. The SMILES string of the molecule is Cl.O=C(COc1cccc2cccnc12)N1N=CCC1c1ccccc1. The van der Waals surface area contributed by atoms with Crippen LogP contribution in [0.15, 0.2) is 72.0 Å². The van der Waals surface area contributed by atoms with Gasteiger partial charge in [-0.15, -0.1) is 12.4 Å². The molecule has 132 valence electrons. The normalized spacial score (nSPS) is 15.7. The van der Waals surface area contributed by atoms with Crippen molar-refractivity contribution in [2.75, 3.05) is 6.61 Å². The molecule has 0 saturated heterocycles. The Morgan fingerprint density at radius 2 is 1.88 bits per heavy atom. The third-order valence-electron chi connectivity index (χ3n) is 4.22. The number of carbonyl (C=O) groups excluding carboxylic acids is 1. The van der Waals surface area contributed by atoms with E-state index >= 15 is 0 Å². The summed E-state index contributed by atoms with van der Waals surface area (Å²) in [4.78, 5) is 16.9. The molecule has 1 aliphatic rings. The van der Waals surface area contributed by atoms with Crippen molar-refractivity contribution in [1.82, 2.24) is 9.99 Å². The van der Waals surface area contributed by atoms with Crippen molar-refractivity contribution in [3.05, 3.63) is 72.4 Å². The first-order chi connectivity index (χ1) is 12.3. The Morgan fingerprint density at radius 3 is 2.73 bits per heavy atom. The number of rotatable bonds is 4. The third-order valence-corrected chi connectivity index (χ3v) is 4.22. The maximum atomic E-state index is 12.6. The van der Waals surface area contributed by atoms with Crippen LogP contribution in [-0.2, 0) is 4.79 Å². The number of para-hydroxylation sites is 1. The van der Waals surface area contributed by atoms with E-state index in [1.807, 2.05) is 60.7 Å². The van der Waals surface area contributed by atoms with Crippen LogP contribution in [0.3, 0.4) is 0 Å². The first-order valence-electron chi connectivity index (χ1n) is 8.19. The molecule has 2 aromatic carbocycles. The molecule has 1 aliphatic heterocycles. The van der Waals surface area contributed by atoms with Crippen molar-refractivity contribution in [3.63, 3.8) is 0 Å². The molecule has 0 bridgehead atoms. The average molecular weight is 368 g/mol. The maximum absolute atomic E-state index is 12.6. The van der Waals surface area contributed by atoms with E-state index in [0.717, 1.165) is 16.5 Å². The fourth-order valence-electron chi connectivity index (χ4n) is 3.00. The first-order valence-corrected chi connectivity index (χ1v) is 8.19. The number of hydrazone groups is 1. The van der Waals surface area contributed by atoms with Crippen molar-refractivity contribution >= 4 is 35.4 Å². The van der Waals surface area contributed by atoms with Crippen LogP contribution < -0.4 is 4.74 Å². The van der Waals surface area contributed by atoms with Crippen molar-refractivity contribution in [2.45, 2.75) is 12.5 Å². The first kappa shape index (κ1) is 17.9. The van der Waals surface area contributed by atoms with E-state index in [1.165, 1.54) is 5.01 Å². The lowest BCUT2D eigenvalue weighted by Crippen LogP contribution is -2.31. The van der Waals surface area contributed by atoms with Gasteiger partial charge in [-0.05, 0) is 17.7 Å². The number of nitrogens with zero attached hydrogens (tertiary/aromatic N) is 3. The molecule has 1 aromatic heterocycles. The molecular formula is C20H18ClN3O2. The molecule has 2 heterocycles. The minimum Gasteiger partial charge on any atom is -0.481 e. The van der Waals surface area contributed by atoms with Gasteiger partial charge in [0.2, 0.25) is 0 Å². The summed E-state index contributed by atoms with van der Waals surface area (Å²) < 4.78 is 5.75. The van der Waals surface area contributed by atoms with Gasteiger partial charge in [0.1, 0.15) is 11.3 Å². The van der Waals surface area contributed by atoms with Crippen LogP contribution in [-0.4, -0.2) is 28.7 Å². The second-order valence-corrected chi connectivity index (χ2v) is 5.82. The number of ether oxygens (including phenoxy) is 1. The number of fused-ring (bicyclic) bond motifs is 1. The van der Waals surface area contributed by atoms with Gasteiger partial charge in [-0.25, -0.2) is 5.01 Å². The quantitative estimate of drug-likeness (QED) is 0.700. The van der Waals surface area contributed by atoms with E-state index in [4.69, 9.17) is 4.74 Å². The Balaban J connectivity index is 0.00000196. The van der Waals surface area contributed by atoms with Crippen LogP contribution >= 0.6 is 12.4 Å². The average Bonchev–Trinajstić information content (AvgIpc) is 3.17. The zero-order chi connectivity index (χ0) is 17.1. The second-order valence-electron chi connectivity index (χ2n) is 5.82. The second kappa shape index (κ2) is 7.97. The maximum Gasteiger partial charge on any atom is 0.281 e. The van der Waals surface area contributed by atoms with E-state index in [2.05, 4.69) is 10.1 Å². The number of pyridine rings is 1. The van der Waals surface area contributed by atoms with E-state index in [1.54, 1.807) is 12.4 Å². The lowest BCUT2D eigenvalue weighted by atomic mass is 10.0. The fourth-order valence-corrected chi connectivity index (χ4v) is 3.00. The lowest BCUT2D eigenvalue weighted by molar-refractivity contribution is -0.135. The van der Waals surface area contributed by atoms with Crippen LogP contribution in [0, 0.1) is 0 Å². The van der Waals surface area contributed by atoms with E-state index in [-0.39, 0.29) is 31.0 Å². The Hall–Kier alpha value is -2.92. The molecule has 5 nitrogen and oxygen atoms in total. The Kier molecular flexibility index (Phi) is 5.49. The monoisotopic (exact) mass is 367 g/mol. The number of halogens is 1. The van der Waals surface area contributed by atoms with Gasteiger partial charge in [0.15, 0.2) is 6.61 Å². The summed E-state index contributed by atoms with van der Waals surface area (Å²) in [6.07, 6.45) is 4.20. The predicted octanol–water partition coefficient (Wildman–Crippen LogP) is 3.99. The van der Waals surface area contributed by atoms with Gasteiger partial charge in [-0.3, -0.25) is 9.78 Å². The highest BCUT2D eigenvalue weighted by molar-refractivity contribution is 5.86. The van der Waals surface area contributed by atoms with Crippen LogP contribution in [0.2, 0.25) is 0 Å². The topological polar surface area (TPSA) is 54.8 Å². The van der Waals surface area contributed by atoms with E-state index in [9.17, 15) is 4.79 Å². The molecule has 6 heteroatoms. The highest BCUT2D eigenvalue weighted by Gasteiger charge is 2.28. The standard InChI is InChI=1S/C20H17N3O2.ClH/c24-19(23-17(11-13-22-23)15-6-2-1-3-7-15)14-25-18-10-4-8-16-9-5-12-21-20(16)18;/h1-10,12-13,17H,11,14H2;1H. The van der Waals surface area contributed by atoms with Gasteiger partial charge >= 0.3 is 0 Å². The van der Waals surface area contributed by atoms with Gasteiger partial charge in [-0.1, -0.05) is 48.5 Å². The Morgan fingerprint density at radius 1 is 1.08 bits per heavy atom. The van der Waals surface area contributed by atoms with Crippen molar-refractivity contribution in [2.24, 2.45) is 5.10 Å². The summed E-state index contributed by atoms with van der Waals surface area (Å²) in [7, 11) is 0. The van der Waals surface area contributed by atoms with Gasteiger partial charge in [-0.2, -0.15) is 5.10 Å². The summed E-state index contributed by atoms with van der Waals surface area (Å²) in [5.74, 6) is 0.432. The molecule has 4 rings (SSSR count). The van der Waals surface area contributed by atoms with Crippen molar-refractivity contribution in [1.29, 1.82) is 0 Å². The number of aromatic nitrogens is 1. The molecular weight excluding hydrogens is 350 g/mol. The lowest BCUT2D eigenvalue weighted by Gasteiger charge is -2.22. The predicted molar refractivity (Wildman–Crippen MR) is 104 cm³/mol. The number of carbonyl (C=O) groups is 1. The van der Waals surface area contributed by atoms with Crippen LogP contribution in [0.5, 0.6) is 5.75 Å². The molecule has 1 amide bonds.